The number of aliphatic hydroxyl groups excluding tert-OH is 1. The largest absolute Gasteiger partial charge is 0.455 e. The van der Waals surface area contributed by atoms with Crippen LogP contribution >= 0.6 is 0 Å². The summed E-state index contributed by atoms with van der Waals surface area (Å²) in [6.45, 7) is 13.1. The maximum atomic E-state index is 14.3. The molecular weight excluding hydrogens is 578 g/mol. The number of carbonyl (C=O) groups is 4. The molecule has 3 fully saturated rings. The molecule has 2 bridgehead atoms. The molecule has 0 unspecified atom stereocenters. The molecule has 11 nitrogen and oxygen atoms in total. The van der Waals surface area contributed by atoms with Crippen molar-refractivity contribution in [3.63, 3.8) is 0 Å². The number of benzene rings is 1. The molecule has 3 aliphatic heterocycles. The van der Waals surface area contributed by atoms with Crippen molar-refractivity contribution < 1.29 is 38.5 Å². The van der Waals surface area contributed by atoms with Gasteiger partial charge in [0.05, 0.1) is 37.2 Å². The lowest BCUT2D eigenvalue weighted by molar-refractivity contribution is -0.163. The van der Waals surface area contributed by atoms with E-state index in [-0.39, 0.29) is 44.5 Å². The second-order valence-electron chi connectivity index (χ2n) is 12.9. The molecule has 11 heteroatoms. The number of likely N-dealkylation sites (tertiary alicyclic amines) is 1. The van der Waals surface area contributed by atoms with E-state index in [1.807, 2.05) is 39.0 Å². The second-order valence-corrected chi connectivity index (χ2v) is 12.9. The predicted molar refractivity (Wildman–Crippen MR) is 167 cm³/mol. The van der Waals surface area contributed by atoms with Crippen LogP contribution in [0.1, 0.15) is 58.1 Å². The number of amides is 3. The molecule has 0 aliphatic carbocycles. The molecule has 246 valence electrons. The first-order valence-electron chi connectivity index (χ1n) is 15.6. The van der Waals surface area contributed by atoms with Gasteiger partial charge in [0.1, 0.15) is 17.7 Å². The number of β-amino-alcohol motifs (C(OH)–C–C–N with tert-alkyl or cyclic N) is 1. The van der Waals surface area contributed by atoms with Gasteiger partial charge in [0.15, 0.2) is 0 Å². The third-order valence-corrected chi connectivity index (χ3v) is 9.04. The fraction of sp³-hybridized carbons (Fsp3) is 0.588. The third kappa shape index (κ3) is 6.71. The molecule has 3 aliphatic rings. The fourth-order valence-electron chi connectivity index (χ4n) is 7.14. The third-order valence-electron chi connectivity index (χ3n) is 9.04. The lowest BCUT2D eigenvalue weighted by Gasteiger charge is -2.41. The Kier molecular flexibility index (Phi) is 10.9. The molecule has 4 rings (SSSR count). The number of ether oxygens (including phenoxy) is 3. The summed E-state index contributed by atoms with van der Waals surface area (Å²) in [7, 11) is 1.50. The predicted octanol–water partition coefficient (Wildman–Crippen LogP) is 2.55. The zero-order valence-corrected chi connectivity index (χ0v) is 26.8. The summed E-state index contributed by atoms with van der Waals surface area (Å²) in [5, 5.41) is 12.9. The van der Waals surface area contributed by atoms with Gasteiger partial charge in [-0.15, -0.1) is 13.2 Å². The molecule has 1 spiro atoms. The maximum absolute atomic E-state index is 14.3. The van der Waals surface area contributed by atoms with Crippen LogP contribution in [-0.2, 0) is 33.4 Å². The Labute approximate surface area is 265 Å². The van der Waals surface area contributed by atoms with Crippen LogP contribution in [0.3, 0.4) is 0 Å². The SMILES string of the molecule is C=CCCC(=O)N[C@@H](COC)[C@@H](OC(=O)[C@@H]1[C@H]2C(=O)N(CCO)[C@H](C(=O)N(CC=C)C(C)(C)C)[C@]23CC[C@H]1O3)c1ccccc1. The van der Waals surface area contributed by atoms with Crippen molar-refractivity contribution >= 4 is 23.7 Å². The van der Waals surface area contributed by atoms with Gasteiger partial charge in [-0.3, -0.25) is 19.2 Å². The van der Waals surface area contributed by atoms with Crippen LogP contribution in [0.2, 0.25) is 0 Å². The molecule has 0 radical (unpaired) electrons. The van der Waals surface area contributed by atoms with Gasteiger partial charge in [-0.05, 0) is 45.6 Å². The standard InChI is InChI=1S/C34H47N3O8/c1-7-9-15-25(39)35-23(21-43-6)28(22-13-11-10-12-14-22)44-32(42)26-24-16-17-34(45-24)27(26)30(40)36(19-20-38)29(34)31(41)37(18-8-2)33(3,4)5/h7-8,10-14,23-24,26-29,38H,1-2,9,15-21H2,3-6H3,(H,35,39)/t23-,24+,26-,27-,28-,29+,34-/m0/s1. The number of carbonyl (C=O) groups excluding carboxylic acids is 4. The highest BCUT2D eigenvalue weighted by Gasteiger charge is 2.75. The first kappa shape index (κ1) is 34.3. The summed E-state index contributed by atoms with van der Waals surface area (Å²) in [4.78, 5) is 58.3. The molecule has 1 aromatic rings. The highest BCUT2D eigenvalue weighted by atomic mass is 16.6. The quantitative estimate of drug-likeness (QED) is 0.224. The molecule has 3 heterocycles. The number of methoxy groups -OCH3 is 1. The molecule has 3 saturated heterocycles. The van der Waals surface area contributed by atoms with Gasteiger partial charge >= 0.3 is 5.97 Å². The van der Waals surface area contributed by atoms with Crippen LogP contribution in [0.15, 0.2) is 55.6 Å². The average molecular weight is 626 g/mol. The van der Waals surface area contributed by atoms with Crippen molar-refractivity contribution in [3.8, 4) is 0 Å². The number of nitrogens with zero attached hydrogens (tertiary/aromatic N) is 2. The summed E-state index contributed by atoms with van der Waals surface area (Å²) in [5.41, 5.74) is -1.18. The Morgan fingerprint density at radius 3 is 2.53 bits per heavy atom. The molecule has 7 atom stereocenters. The Bertz CT molecular complexity index is 1260. The number of hydrogen-bond donors (Lipinski definition) is 2. The number of rotatable bonds is 15. The van der Waals surface area contributed by atoms with E-state index >= 15 is 0 Å². The highest BCUT2D eigenvalue weighted by Crippen LogP contribution is 2.59. The van der Waals surface area contributed by atoms with E-state index in [4.69, 9.17) is 14.2 Å². The van der Waals surface area contributed by atoms with Crippen molar-refractivity contribution in [1.82, 2.24) is 15.1 Å². The first-order chi connectivity index (χ1) is 21.4. The molecule has 3 amide bonds. The minimum Gasteiger partial charge on any atom is -0.455 e. The number of allylic oxidation sites excluding steroid dienone is 1. The van der Waals surface area contributed by atoms with Gasteiger partial charge < -0.3 is 34.4 Å². The number of hydrogen-bond acceptors (Lipinski definition) is 8. The fourth-order valence-corrected chi connectivity index (χ4v) is 7.14. The lowest BCUT2D eigenvalue weighted by Crippen LogP contribution is -2.60. The van der Waals surface area contributed by atoms with Gasteiger partial charge in [-0.2, -0.15) is 0 Å². The summed E-state index contributed by atoms with van der Waals surface area (Å²) in [6, 6.07) is 7.32. The molecule has 0 saturated carbocycles. The molecule has 0 aromatic heterocycles. The normalized spacial score (nSPS) is 26.6. The van der Waals surface area contributed by atoms with Crippen LogP contribution in [0, 0.1) is 11.8 Å². The summed E-state index contributed by atoms with van der Waals surface area (Å²) < 4.78 is 18.2. The van der Waals surface area contributed by atoms with Crippen LogP contribution in [-0.4, -0.2) is 101 Å². The minimum absolute atomic E-state index is 0.0658. The van der Waals surface area contributed by atoms with Gasteiger partial charge in [-0.1, -0.05) is 42.5 Å². The Hall–Kier alpha value is -3.54. The summed E-state index contributed by atoms with van der Waals surface area (Å²) in [5.74, 6) is -3.56. The lowest BCUT2D eigenvalue weighted by atomic mass is 9.70. The molecule has 2 N–H and O–H groups in total. The molecular formula is C34H47N3O8. The summed E-state index contributed by atoms with van der Waals surface area (Å²) >= 11 is 0. The van der Waals surface area contributed by atoms with Crippen LogP contribution in [0.5, 0.6) is 0 Å². The van der Waals surface area contributed by atoms with E-state index < -0.39 is 59.1 Å². The Morgan fingerprint density at radius 1 is 1.22 bits per heavy atom. The first-order valence-corrected chi connectivity index (χ1v) is 15.6. The second kappa shape index (κ2) is 14.3. The van der Waals surface area contributed by atoms with Crippen LogP contribution < -0.4 is 5.32 Å². The zero-order chi connectivity index (χ0) is 32.9. The smallest absolute Gasteiger partial charge is 0.313 e. The van der Waals surface area contributed by atoms with Crippen molar-refractivity contribution in [2.45, 2.75) is 81.9 Å². The number of aliphatic hydroxyl groups is 1. The number of fused-ring (bicyclic) bond motifs is 1. The van der Waals surface area contributed by atoms with Crippen LogP contribution in [0.4, 0.5) is 0 Å². The Balaban J connectivity index is 1.68. The van der Waals surface area contributed by atoms with E-state index in [9.17, 15) is 24.3 Å². The van der Waals surface area contributed by atoms with Gasteiger partial charge in [0, 0.05) is 32.2 Å². The maximum Gasteiger partial charge on any atom is 0.313 e. The van der Waals surface area contributed by atoms with Crippen molar-refractivity contribution in [1.29, 1.82) is 0 Å². The van der Waals surface area contributed by atoms with E-state index in [1.165, 1.54) is 12.0 Å². The van der Waals surface area contributed by atoms with Gasteiger partial charge in [0.2, 0.25) is 17.7 Å². The minimum atomic E-state index is -1.24. The topological polar surface area (TPSA) is 135 Å². The number of esters is 1. The summed E-state index contributed by atoms with van der Waals surface area (Å²) in [6.07, 6.45) is 3.31. The average Bonchev–Trinajstić information content (AvgIpc) is 3.64. The van der Waals surface area contributed by atoms with E-state index in [0.717, 1.165) is 0 Å². The van der Waals surface area contributed by atoms with Gasteiger partial charge in [-0.25, -0.2) is 0 Å². The van der Waals surface area contributed by atoms with Crippen LogP contribution in [0.25, 0.3) is 0 Å². The highest BCUT2D eigenvalue weighted by molar-refractivity contribution is 5.98. The monoisotopic (exact) mass is 625 g/mol. The molecule has 45 heavy (non-hydrogen) atoms. The Morgan fingerprint density at radius 2 is 1.93 bits per heavy atom. The van der Waals surface area contributed by atoms with Gasteiger partial charge in [0.25, 0.3) is 0 Å². The molecule has 1 aromatic carbocycles. The van der Waals surface area contributed by atoms with Crippen molar-refractivity contribution in [2.75, 3.05) is 33.4 Å². The zero-order valence-electron chi connectivity index (χ0n) is 26.8. The van der Waals surface area contributed by atoms with Crippen molar-refractivity contribution in [3.05, 3.63) is 61.2 Å². The van der Waals surface area contributed by atoms with E-state index in [2.05, 4.69) is 18.5 Å². The van der Waals surface area contributed by atoms with E-state index in [0.29, 0.717) is 24.8 Å². The van der Waals surface area contributed by atoms with E-state index in [1.54, 1.807) is 29.2 Å². The number of nitrogens with one attached hydrogen (secondary N) is 1. The van der Waals surface area contributed by atoms with Crippen molar-refractivity contribution in [2.24, 2.45) is 11.8 Å².